The van der Waals surface area contributed by atoms with Gasteiger partial charge in [0.1, 0.15) is 5.82 Å². The van der Waals surface area contributed by atoms with Crippen LogP contribution in [0.1, 0.15) is 31.2 Å². The molecule has 1 nitrogen and oxygen atoms in total. The quantitative estimate of drug-likeness (QED) is 0.857. The zero-order valence-electron chi connectivity index (χ0n) is 9.76. The predicted octanol–water partition coefficient (Wildman–Crippen LogP) is 3.54. The molecule has 2 aliphatic rings. The third-order valence-electron chi connectivity index (χ3n) is 4.58. The third-order valence-corrected chi connectivity index (χ3v) is 4.94. The third kappa shape index (κ3) is 1.78. The Morgan fingerprint density at radius 2 is 1.94 bits per heavy atom. The maximum absolute atomic E-state index is 13.7. The van der Waals surface area contributed by atoms with Gasteiger partial charge in [-0.15, -0.1) is 0 Å². The second kappa shape index (κ2) is 3.96. The summed E-state index contributed by atoms with van der Waals surface area (Å²) in [5.41, 5.74) is 6.85. The van der Waals surface area contributed by atoms with E-state index < -0.39 is 0 Å². The van der Waals surface area contributed by atoms with Gasteiger partial charge in [-0.3, -0.25) is 0 Å². The van der Waals surface area contributed by atoms with Gasteiger partial charge in [0.25, 0.3) is 0 Å². The SMILES string of the molecule is NC1(Cc2c(F)cccc2Cl)C2CCCCC21. The molecule has 3 heteroatoms. The highest BCUT2D eigenvalue weighted by Crippen LogP contribution is 2.58. The van der Waals surface area contributed by atoms with Crippen molar-refractivity contribution in [2.45, 2.75) is 37.6 Å². The van der Waals surface area contributed by atoms with E-state index in [-0.39, 0.29) is 11.4 Å². The molecule has 0 aromatic heterocycles. The molecule has 2 aliphatic carbocycles. The van der Waals surface area contributed by atoms with Gasteiger partial charge in [-0.2, -0.15) is 0 Å². The molecule has 0 bridgehead atoms. The molecular weight excluding hydrogens is 237 g/mol. The Labute approximate surface area is 106 Å². The summed E-state index contributed by atoms with van der Waals surface area (Å²) >= 11 is 6.07. The van der Waals surface area contributed by atoms with E-state index in [2.05, 4.69) is 0 Å². The van der Waals surface area contributed by atoms with Crippen LogP contribution >= 0.6 is 11.6 Å². The Balaban J connectivity index is 1.84. The first-order valence-electron chi connectivity index (χ1n) is 6.34. The van der Waals surface area contributed by atoms with Crippen LogP contribution in [0.5, 0.6) is 0 Å². The summed E-state index contributed by atoms with van der Waals surface area (Å²) in [5.74, 6) is 0.963. The highest BCUT2D eigenvalue weighted by Gasteiger charge is 2.61. The molecule has 0 radical (unpaired) electrons. The number of hydrogen-bond acceptors (Lipinski definition) is 1. The summed E-state index contributed by atoms with van der Waals surface area (Å²) < 4.78 is 13.7. The van der Waals surface area contributed by atoms with E-state index in [1.165, 1.54) is 31.7 Å². The van der Waals surface area contributed by atoms with E-state index in [0.29, 0.717) is 28.8 Å². The van der Waals surface area contributed by atoms with E-state index in [0.717, 1.165) is 0 Å². The molecule has 2 unspecified atom stereocenters. The van der Waals surface area contributed by atoms with Crippen LogP contribution < -0.4 is 5.73 Å². The van der Waals surface area contributed by atoms with E-state index in [9.17, 15) is 4.39 Å². The standard InChI is InChI=1S/C14H17ClFN/c15-12-6-3-7-13(16)9(12)8-14(17)10-4-1-2-5-11(10)14/h3,6-7,10-11H,1-2,4-5,8,17H2. The van der Waals surface area contributed by atoms with Crippen LogP contribution in [0, 0.1) is 17.7 Å². The van der Waals surface area contributed by atoms with Crippen molar-refractivity contribution in [1.82, 2.24) is 0 Å². The van der Waals surface area contributed by atoms with Crippen LogP contribution in [0.2, 0.25) is 5.02 Å². The maximum Gasteiger partial charge on any atom is 0.127 e. The second-order valence-corrected chi connectivity index (χ2v) is 5.89. The lowest BCUT2D eigenvalue weighted by Crippen LogP contribution is -2.30. The van der Waals surface area contributed by atoms with Crippen LogP contribution in [-0.4, -0.2) is 5.54 Å². The van der Waals surface area contributed by atoms with Gasteiger partial charge in [0.2, 0.25) is 0 Å². The van der Waals surface area contributed by atoms with Gasteiger partial charge in [-0.25, -0.2) is 4.39 Å². The average Bonchev–Trinajstić information content (AvgIpc) is 2.91. The first-order valence-corrected chi connectivity index (χ1v) is 6.72. The van der Waals surface area contributed by atoms with Crippen LogP contribution in [0.25, 0.3) is 0 Å². The van der Waals surface area contributed by atoms with Crippen molar-refractivity contribution in [2.75, 3.05) is 0 Å². The number of rotatable bonds is 2. The monoisotopic (exact) mass is 253 g/mol. The van der Waals surface area contributed by atoms with Crippen molar-refractivity contribution in [1.29, 1.82) is 0 Å². The molecule has 2 N–H and O–H groups in total. The van der Waals surface area contributed by atoms with E-state index >= 15 is 0 Å². The smallest absolute Gasteiger partial charge is 0.127 e. The summed E-state index contributed by atoms with van der Waals surface area (Å²) in [7, 11) is 0. The molecule has 2 atom stereocenters. The Kier molecular flexibility index (Phi) is 2.68. The van der Waals surface area contributed by atoms with Crippen molar-refractivity contribution in [3.05, 3.63) is 34.6 Å². The van der Waals surface area contributed by atoms with Gasteiger partial charge in [-0.05, 0) is 43.2 Å². The van der Waals surface area contributed by atoms with Crippen molar-refractivity contribution < 1.29 is 4.39 Å². The molecule has 2 fully saturated rings. The molecule has 1 aromatic carbocycles. The molecule has 92 valence electrons. The Morgan fingerprint density at radius 3 is 2.53 bits per heavy atom. The van der Waals surface area contributed by atoms with E-state index in [1.54, 1.807) is 12.1 Å². The second-order valence-electron chi connectivity index (χ2n) is 5.49. The first-order chi connectivity index (χ1) is 8.13. The number of nitrogens with two attached hydrogens (primary N) is 1. The van der Waals surface area contributed by atoms with Crippen molar-refractivity contribution in [3.63, 3.8) is 0 Å². The summed E-state index contributed by atoms with van der Waals surface area (Å²) in [6.45, 7) is 0. The van der Waals surface area contributed by atoms with Gasteiger partial charge >= 0.3 is 0 Å². The number of benzene rings is 1. The van der Waals surface area contributed by atoms with Crippen LogP contribution in [0.3, 0.4) is 0 Å². The highest BCUT2D eigenvalue weighted by atomic mass is 35.5. The number of fused-ring (bicyclic) bond motifs is 1. The molecule has 0 aliphatic heterocycles. The average molecular weight is 254 g/mol. The lowest BCUT2D eigenvalue weighted by molar-refractivity contribution is 0.480. The molecule has 0 spiro atoms. The van der Waals surface area contributed by atoms with Gasteiger partial charge in [0, 0.05) is 16.1 Å². The Bertz CT molecular complexity index is 414. The highest BCUT2D eigenvalue weighted by molar-refractivity contribution is 6.31. The molecule has 0 heterocycles. The zero-order chi connectivity index (χ0) is 12.0. The van der Waals surface area contributed by atoms with Crippen LogP contribution in [-0.2, 0) is 6.42 Å². The van der Waals surface area contributed by atoms with Crippen molar-refractivity contribution in [2.24, 2.45) is 17.6 Å². The van der Waals surface area contributed by atoms with Gasteiger partial charge in [0.15, 0.2) is 0 Å². The van der Waals surface area contributed by atoms with Gasteiger partial charge < -0.3 is 5.73 Å². The molecule has 17 heavy (non-hydrogen) atoms. The fourth-order valence-electron chi connectivity index (χ4n) is 3.57. The van der Waals surface area contributed by atoms with Crippen LogP contribution in [0.15, 0.2) is 18.2 Å². The Morgan fingerprint density at radius 1 is 1.29 bits per heavy atom. The normalized spacial score (nSPS) is 35.5. The topological polar surface area (TPSA) is 26.0 Å². The molecule has 3 rings (SSSR count). The maximum atomic E-state index is 13.7. The molecular formula is C14H17ClFN. The number of halogens is 2. The Hall–Kier alpha value is -0.600. The predicted molar refractivity (Wildman–Crippen MR) is 67.5 cm³/mol. The minimum atomic E-state index is -0.217. The lowest BCUT2D eigenvalue weighted by Gasteiger charge is -2.13. The molecule has 1 aromatic rings. The van der Waals surface area contributed by atoms with Gasteiger partial charge in [-0.1, -0.05) is 30.5 Å². The minimum Gasteiger partial charge on any atom is -0.324 e. The van der Waals surface area contributed by atoms with Gasteiger partial charge in [0.05, 0.1) is 0 Å². The van der Waals surface area contributed by atoms with Crippen molar-refractivity contribution >= 4 is 11.6 Å². The minimum absolute atomic E-state index is 0.192. The molecule has 0 amide bonds. The fourth-order valence-corrected chi connectivity index (χ4v) is 3.80. The number of hydrogen-bond donors (Lipinski definition) is 1. The molecule has 0 saturated heterocycles. The molecule has 2 saturated carbocycles. The fraction of sp³-hybridized carbons (Fsp3) is 0.571. The van der Waals surface area contributed by atoms with Crippen LogP contribution in [0.4, 0.5) is 4.39 Å². The van der Waals surface area contributed by atoms with E-state index in [1.807, 2.05) is 0 Å². The zero-order valence-corrected chi connectivity index (χ0v) is 10.5. The summed E-state index contributed by atoms with van der Waals surface area (Å²) in [4.78, 5) is 0. The van der Waals surface area contributed by atoms with E-state index in [4.69, 9.17) is 17.3 Å². The van der Waals surface area contributed by atoms with Crippen molar-refractivity contribution in [3.8, 4) is 0 Å². The lowest BCUT2D eigenvalue weighted by atomic mass is 10.0. The first kappa shape index (κ1) is 11.5. The summed E-state index contributed by atoms with van der Waals surface area (Å²) in [6, 6.07) is 4.86. The summed E-state index contributed by atoms with van der Waals surface area (Å²) in [5, 5.41) is 0.512. The largest absolute Gasteiger partial charge is 0.324 e. The summed E-state index contributed by atoms with van der Waals surface area (Å²) in [6.07, 6.45) is 5.53.